The lowest BCUT2D eigenvalue weighted by molar-refractivity contribution is -0.179. The molecule has 0 saturated heterocycles. The van der Waals surface area contributed by atoms with Gasteiger partial charge in [0.15, 0.2) is 5.78 Å². The van der Waals surface area contributed by atoms with Crippen molar-refractivity contribution in [1.82, 2.24) is 0 Å². The minimum absolute atomic E-state index is 0.0527. The summed E-state index contributed by atoms with van der Waals surface area (Å²) in [6, 6.07) is 0. The largest absolute Gasteiger partial charge is 0.459 e. The smallest absolute Gasteiger partial charge is 0.306 e. The molecule has 6 aliphatic carbocycles. The van der Waals surface area contributed by atoms with Crippen molar-refractivity contribution in [3.05, 3.63) is 23.1 Å². The molecule has 5 fully saturated rings. The molecule has 0 N–H and O–H groups in total. The first-order valence-electron chi connectivity index (χ1n) is 17.0. The van der Waals surface area contributed by atoms with Gasteiger partial charge >= 0.3 is 5.97 Å². The van der Waals surface area contributed by atoms with Gasteiger partial charge in [0, 0.05) is 18.3 Å². The highest BCUT2D eigenvalue weighted by molar-refractivity contribution is 7.84. The molecule has 6 aliphatic rings. The fourth-order valence-corrected chi connectivity index (χ4v) is 12.0. The fraction of sp³-hybridized carbons (Fsp3) is 0.838. The Hall–Kier alpha value is -1.03. The Balaban J connectivity index is 0.000000191. The van der Waals surface area contributed by atoms with Crippen molar-refractivity contribution in [3.8, 4) is 0 Å². The lowest BCUT2D eigenvalue weighted by atomic mass is 9.46. The van der Waals surface area contributed by atoms with Gasteiger partial charge in [0.05, 0.1) is 0 Å². The van der Waals surface area contributed by atoms with Gasteiger partial charge in [-0.15, -0.1) is 12.6 Å². The number of carbonyl (C=O) groups is 2. The van der Waals surface area contributed by atoms with E-state index in [4.69, 9.17) is 4.74 Å². The molecule has 2 bridgehead atoms. The number of ether oxygens (including phenoxy) is 1. The summed E-state index contributed by atoms with van der Waals surface area (Å²) in [6.07, 6.45) is 19.4. The van der Waals surface area contributed by atoms with Crippen LogP contribution in [0.15, 0.2) is 23.1 Å². The van der Waals surface area contributed by atoms with E-state index in [0.29, 0.717) is 35.4 Å². The summed E-state index contributed by atoms with van der Waals surface area (Å²) in [6.45, 7) is 17.7. The molecule has 0 spiro atoms. The maximum Gasteiger partial charge on any atom is 0.306 e. The van der Waals surface area contributed by atoms with E-state index in [1.54, 1.807) is 0 Å². The van der Waals surface area contributed by atoms with Crippen molar-refractivity contribution < 1.29 is 14.3 Å². The lowest BCUT2D eigenvalue weighted by Gasteiger charge is -2.59. The molecule has 0 aliphatic heterocycles. The van der Waals surface area contributed by atoms with Gasteiger partial charge in [0.25, 0.3) is 0 Å². The average molecular weight is 583 g/mol. The molecule has 5 saturated carbocycles. The van der Waals surface area contributed by atoms with E-state index < -0.39 is 0 Å². The van der Waals surface area contributed by atoms with E-state index in [-0.39, 0.29) is 22.4 Å². The maximum atomic E-state index is 12.1. The van der Waals surface area contributed by atoms with E-state index >= 15 is 0 Å². The summed E-state index contributed by atoms with van der Waals surface area (Å²) >= 11 is 4.39. The van der Waals surface area contributed by atoms with Gasteiger partial charge < -0.3 is 4.74 Å². The van der Waals surface area contributed by atoms with Crippen LogP contribution >= 0.6 is 12.6 Å². The summed E-state index contributed by atoms with van der Waals surface area (Å²) in [5.41, 5.74) is 1.94. The van der Waals surface area contributed by atoms with Gasteiger partial charge in [0.2, 0.25) is 0 Å². The molecule has 0 aromatic heterocycles. The molecule has 0 aromatic rings. The van der Waals surface area contributed by atoms with Crippen LogP contribution in [0.2, 0.25) is 0 Å². The summed E-state index contributed by atoms with van der Waals surface area (Å²) in [5.74, 6) is 5.28. The van der Waals surface area contributed by atoms with Crippen LogP contribution in [0.4, 0.5) is 0 Å². The Morgan fingerprint density at radius 1 is 0.976 bits per heavy atom. The number of rotatable bonds is 4. The third-order valence-electron chi connectivity index (χ3n) is 13.5. The molecule has 0 radical (unpaired) electrons. The van der Waals surface area contributed by atoms with Crippen LogP contribution in [-0.4, -0.2) is 17.4 Å². The van der Waals surface area contributed by atoms with Crippen LogP contribution < -0.4 is 0 Å². The first kappa shape index (κ1) is 31.4. The number of esters is 1. The van der Waals surface area contributed by atoms with Crippen molar-refractivity contribution in [2.24, 2.45) is 51.8 Å². The number of fused-ring (bicyclic) bond motifs is 7. The zero-order chi connectivity index (χ0) is 29.8. The standard InChI is InChI=1S/C23H34O3.C14H24S/c1-5-20(25)26-23(4)13-10-19-17-7-6-15-14-16(24)8-11-21(15,2)18(17)9-12-22(19,23)3;1-10-4-12-6-13(5-10)9-14(3,8-12)7-11(2)15/h14,17-19H,5-13H2,1-4H3;10,12-13,15H,2,4-9H2,1,3H3. The van der Waals surface area contributed by atoms with Crippen molar-refractivity contribution in [2.45, 2.75) is 143 Å². The average Bonchev–Trinajstić information content (AvgIpc) is 3.13. The lowest BCUT2D eigenvalue weighted by Crippen LogP contribution is -2.55. The second kappa shape index (κ2) is 11.5. The third-order valence-corrected chi connectivity index (χ3v) is 13.6. The maximum absolute atomic E-state index is 12.1. The molecule has 230 valence electrons. The van der Waals surface area contributed by atoms with Crippen LogP contribution in [0.1, 0.15) is 138 Å². The molecule has 8 atom stereocenters. The molecular weight excluding hydrogens is 524 g/mol. The molecule has 0 aromatic carbocycles. The van der Waals surface area contributed by atoms with Crippen LogP contribution in [0.3, 0.4) is 0 Å². The monoisotopic (exact) mass is 582 g/mol. The van der Waals surface area contributed by atoms with Crippen LogP contribution in [-0.2, 0) is 14.3 Å². The molecule has 8 unspecified atom stereocenters. The summed E-state index contributed by atoms with van der Waals surface area (Å²) in [7, 11) is 0. The highest BCUT2D eigenvalue weighted by atomic mass is 32.1. The van der Waals surface area contributed by atoms with Crippen molar-refractivity contribution in [2.75, 3.05) is 0 Å². The topological polar surface area (TPSA) is 43.4 Å². The van der Waals surface area contributed by atoms with Gasteiger partial charge in [-0.1, -0.05) is 46.8 Å². The molecule has 3 nitrogen and oxygen atoms in total. The van der Waals surface area contributed by atoms with Gasteiger partial charge in [-0.25, -0.2) is 0 Å². The Bertz CT molecular complexity index is 1060. The normalized spacial score (nSPS) is 46.6. The summed E-state index contributed by atoms with van der Waals surface area (Å²) in [4.78, 5) is 25.1. The summed E-state index contributed by atoms with van der Waals surface area (Å²) in [5, 5.41) is 0. The summed E-state index contributed by atoms with van der Waals surface area (Å²) < 4.78 is 6.05. The fourth-order valence-electron chi connectivity index (χ4n) is 11.6. The number of allylic oxidation sites excluding steroid dienone is 2. The Kier molecular flexibility index (Phi) is 8.79. The SMILES string of the molecule is C=C(S)CC1(C)CC2CC(C)CC(C2)C1.CCC(=O)OC1(C)CCC2C3CCC4=CC(=O)CCC4(C)C3CCC21C. The quantitative estimate of drug-likeness (QED) is 0.265. The van der Waals surface area contributed by atoms with Gasteiger partial charge in [-0.05, 0) is 148 Å². The van der Waals surface area contributed by atoms with E-state index in [9.17, 15) is 9.59 Å². The second-order valence-corrected chi connectivity index (χ2v) is 17.2. The molecule has 6 rings (SSSR count). The van der Waals surface area contributed by atoms with Crippen LogP contribution in [0.25, 0.3) is 0 Å². The predicted octanol–water partition coefficient (Wildman–Crippen LogP) is 9.90. The molecule has 0 heterocycles. The minimum atomic E-state index is -0.310. The zero-order valence-electron chi connectivity index (χ0n) is 27.0. The number of hydrogen-bond donors (Lipinski definition) is 1. The van der Waals surface area contributed by atoms with Gasteiger partial charge in [0.1, 0.15) is 5.60 Å². The van der Waals surface area contributed by atoms with E-state index in [1.165, 1.54) is 56.9 Å². The Labute approximate surface area is 256 Å². The number of hydrogen-bond acceptors (Lipinski definition) is 4. The molecule has 4 heteroatoms. The van der Waals surface area contributed by atoms with Gasteiger partial charge in [-0.3, -0.25) is 9.59 Å². The van der Waals surface area contributed by atoms with Crippen LogP contribution in [0, 0.1) is 51.8 Å². The first-order chi connectivity index (χ1) is 19.2. The van der Waals surface area contributed by atoms with E-state index in [2.05, 4.69) is 53.8 Å². The Morgan fingerprint density at radius 3 is 2.27 bits per heavy atom. The zero-order valence-corrected chi connectivity index (χ0v) is 27.9. The highest BCUT2D eigenvalue weighted by Crippen LogP contribution is 2.68. The second-order valence-electron chi connectivity index (χ2n) is 16.5. The number of thiol groups is 1. The van der Waals surface area contributed by atoms with Crippen LogP contribution in [0.5, 0.6) is 0 Å². The van der Waals surface area contributed by atoms with Crippen molar-refractivity contribution in [3.63, 3.8) is 0 Å². The van der Waals surface area contributed by atoms with Gasteiger partial charge in [-0.2, -0.15) is 0 Å². The molecule has 0 amide bonds. The van der Waals surface area contributed by atoms with E-state index in [1.807, 2.05) is 13.0 Å². The predicted molar refractivity (Wildman–Crippen MR) is 172 cm³/mol. The molecule has 41 heavy (non-hydrogen) atoms. The van der Waals surface area contributed by atoms with E-state index in [0.717, 1.165) is 61.2 Å². The third kappa shape index (κ3) is 5.91. The molecular formula is C37H58O3S. The highest BCUT2D eigenvalue weighted by Gasteiger charge is 2.64. The number of carbonyl (C=O) groups excluding carboxylic acids is 2. The number of ketones is 1. The Morgan fingerprint density at radius 2 is 1.63 bits per heavy atom. The van der Waals surface area contributed by atoms with Crippen molar-refractivity contribution >= 4 is 24.4 Å². The first-order valence-corrected chi connectivity index (χ1v) is 17.5. The minimum Gasteiger partial charge on any atom is -0.459 e. The van der Waals surface area contributed by atoms with Crippen molar-refractivity contribution in [1.29, 1.82) is 0 Å².